The molecular formula is C17H12BrN3. The highest BCUT2D eigenvalue weighted by molar-refractivity contribution is 9.10. The topological polar surface area (TPSA) is 43.8 Å². The molecule has 102 valence electrons. The van der Waals surface area contributed by atoms with Gasteiger partial charge < -0.3 is 5.73 Å². The Morgan fingerprint density at radius 3 is 2.62 bits per heavy atom. The van der Waals surface area contributed by atoms with Crippen LogP contribution in [0.3, 0.4) is 0 Å². The van der Waals surface area contributed by atoms with Crippen molar-refractivity contribution in [2.75, 3.05) is 5.73 Å². The largest absolute Gasteiger partial charge is 0.399 e. The first-order valence-corrected chi connectivity index (χ1v) is 7.43. The van der Waals surface area contributed by atoms with E-state index in [0.29, 0.717) is 0 Å². The predicted molar refractivity (Wildman–Crippen MR) is 90.7 cm³/mol. The minimum absolute atomic E-state index is 0.730. The van der Waals surface area contributed by atoms with Crippen LogP contribution in [0.15, 0.2) is 65.4 Å². The van der Waals surface area contributed by atoms with Crippen LogP contribution in [0.5, 0.6) is 0 Å². The average molecular weight is 338 g/mol. The van der Waals surface area contributed by atoms with Crippen molar-refractivity contribution in [2.24, 2.45) is 0 Å². The normalized spacial score (nSPS) is 11.3. The second-order valence-electron chi connectivity index (χ2n) is 4.97. The molecule has 0 bridgehead atoms. The number of hydrogen-bond acceptors (Lipinski definition) is 2. The number of hydrogen-bond donors (Lipinski definition) is 1. The van der Waals surface area contributed by atoms with E-state index in [0.717, 1.165) is 26.9 Å². The summed E-state index contributed by atoms with van der Waals surface area (Å²) in [6.45, 7) is 0. The Hall–Kier alpha value is -2.33. The van der Waals surface area contributed by atoms with Gasteiger partial charge in [0.2, 0.25) is 0 Å². The van der Waals surface area contributed by atoms with Gasteiger partial charge in [-0.3, -0.25) is 4.57 Å². The highest BCUT2D eigenvalue weighted by atomic mass is 79.9. The number of imidazole rings is 1. The van der Waals surface area contributed by atoms with Gasteiger partial charge in [0.25, 0.3) is 0 Å². The van der Waals surface area contributed by atoms with Crippen molar-refractivity contribution in [1.82, 2.24) is 9.55 Å². The maximum absolute atomic E-state index is 5.83. The van der Waals surface area contributed by atoms with Crippen LogP contribution in [0.25, 0.3) is 27.5 Å². The molecule has 0 aliphatic carbocycles. The Balaban J connectivity index is 2.07. The molecule has 0 atom stereocenters. The molecule has 4 heteroatoms. The molecule has 3 nitrogen and oxygen atoms in total. The Morgan fingerprint density at radius 2 is 1.76 bits per heavy atom. The van der Waals surface area contributed by atoms with Crippen LogP contribution >= 0.6 is 15.9 Å². The van der Waals surface area contributed by atoms with Gasteiger partial charge in [-0.1, -0.05) is 40.2 Å². The molecule has 2 N–H and O–H groups in total. The summed E-state index contributed by atoms with van der Waals surface area (Å²) in [5.41, 5.74) is 9.63. The lowest BCUT2D eigenvalue weighted by atomic mass is 10.1. The van der Waals surface area contributed by atoms with Crippen LogP contribution in [0, 0.1) is 0 Å². The van der Waals surface area contributed by atoms with Crippen molar-refractivity contribution >= 4 is 43.4 Å². The van der Waals surface area contributed by atoms with Gasteiger partial charge in [0.1, 0.15) is 6.33 Å². The number of aromatic nitrogens is 2. The highest BCUT2D eigenvalue weighted by Crippen LogP contribution is 2.31. The maximum Gasteiger partial charge on any atom is 0.100 e. The van der Waals surface area contributed by atoms with Crippen molar-refractivity contribution in [2.45, 2.75) is 0 Å². The van der Waals surface area contributed by atoms with Gasteiger partial charge in [0.05, 0.1) is 16.7 Å². The van der Waals surface area contributed by atoms with E-state index in [1.165, 1.54) is 10.8 Å². The standard InChI is InChI=1S/C17H12BrN3/c18-14-6-8-16(13-4-2-1-3-12(13)14)21-10-20-15-9-11(19)5-7-17(15)21/h1-10H,19H2. The zero-order valence-corrected chi connectivity index (χ0v) is 12.7. The molecule has 0 fully saturated rings. The van der Waals surface area contributed by atoms with E-state index in [1.54, 1.807) is 0 Å². The summed E-state index contributed by atoms with van der Waals surface area (Å²) >= 11 is 3.61. The molecule has 0 amide bonds. The van der Waals surface area contributed by atoms with Crippen LogP contribution in [-0.4, -0.2) is 9.55 Å². The molecule has 21 heavy (non-hydrogen) atoms. The smallest absolute Gasteiger partial charge is 0.100 e. The molecule has 0 aliphatic rings. The van der Waals surface area contributed by atoms with Gasteiger partial charge in [-0.05, 0) is 35.7 Å². The van der Waals surface area contributed by atoms with Gasteiger partial charge in [0.15, 0.2) is 0 Å². The number of anilines is 1. The summed E-state index contributed by atoms with van der Waals surface area (Å²) in [5.74, 6) is 0. The molecule has 4 rings (SSSR count). The second-order valence-corrected chi connectivity index (χ2v) is 5.83. The fourth-order valence-corrected chi connectivity index (χ4v) is 3.16. The second kappa shape index (κ2) is 4.60. The number of benzene rings is 3. The van der Waals surface area contributed by atoms with Gasteiger partial charge in [-0.25, -0.2) is 4.98 Å². The van der Waals surface area contributed by atoms with Crippen molar-refractivity contribution < 1.29 is 0 Å². The van der Waals surface area contributed by atoms with Crippen LogP contribution in [0.4, 0.5) is 5.69 Å². The van der Waals surface area contributed by atoms with E-state index >= 15 is 0 Å². The van der Waals surface area contributed by atoms with Gasteiger partial charge in [0, 0.05) is 15.5 Å². The minimum Gasteiger partial charge on any atom is -0.399 e. The molecular weight excluding hydrogens is 326 g/mol. The zero-order chi connectivity index (χ0) is 14.4. The van der Waals surface area contributed by atoms with E-state index in [4.69, 9.17) is 5.73 Å². The molecule has 0 spiro atoms. The number of nitrogen functional groups attached to an aromatic ring is 1. The quantitative estimate of drug-likeness (QED) is 0.519. The Kier molecular flexibility index (Phi) is 2.72. The number of halogens is 1. The molecule has 0 saturated carbocycles. The van der Waals surface area contributed by atoms with Crippen molar-refractivity contribution in [1.29, 1.82) is 0 Å². The molecule has 0 unspecified atom stereocenters. The van der Waals surface area contributed by atoms with Gasteiger partial charge in [-0.15, -0.1) is 0 Å². The summed E-state index contributed by atoms with van der Waals surface area (Å²) in [5, 5.41) is 2.37. The number of nitrogens with two attached hydrogens (primary N) is 1. The van der Waals surface area contributed by atoms with E-state index in [2.05, 4.69) is 55.8 Å². The number of fused-ring (bicyclic) bond motifs is 2. The van der Waals surface area contributed by atoms with Gasteiger partial charge >= 0.3 is 0 Å². The average Bonchev–Trinajstić information content (AvgIpc) is 2.91. The SMILES string of the molecule is Nc1ccc2c(c1)ncn2-c1ccc(Br)c2ccccc12. The van der Waals surface area contributed by atoms with Gasteiger partial charge in [-0.2, -0.15) is 0 Å². The van der Waals surface area contributed by atoms with Crippen LogP contribution < -0.4 is 5.73 Å². The first kappa shape index (κ1) is 12.4. The van der Waals surface area contributed by atoms with E-state index in [9.17, 15) is 0 Å². The van der Waals surface area contributed by atoms with E-state index in [1.807, 2.05) is 30.6 Å². The van der Waals surface area contributed by atoms with Crippen molar-refractivity contribution in [3.8, 4) is 5.69 Å². The summed E-state index contributed by atoms with van der Waals surface area (Å²) in [6, 6.07) is 18.3. The summed E-state index contributed by atoms with van der Waals surface area (Å²) in [4.78, 5) is 4.46. The Labute approximate surface area is 130 Å². The maximum atomic E-state index is 5.83. The predicted octanol–water partition coefficient (Wildman–Crippen LogP) is 4.52. The lowest BCUT2D eigenvalue weighted by molar-refractivity contribution is 1.10. The molecule has 0 radical (unpaired) electrons. The molecule has 0 saturated heterocycles. The summed E-state index contributed by atoms with van der Waals surface area (Å²) < 4.78 is 3.19. The summed E-state index contributed by atoms with van der Waals surface area (Å²) in [7, 11) is 0. The van der Waals surface area contributed by atoms with Crippen molar-refractivity contribution in [3.05, 3.63) is 65.4 Å². The molecule has 1 aromatic heterocycles. The minimum atomic E-state index is 0.730. The third kappa shape index (κ3) is 1.91. The first-order chi connectivity index (χ1) is 10.2. The first-order valence-electron chi connectivity index (χ1n) is 6.64. The summed E-state index contributed by atoms with van der Waals surface area (Å²) in [6.07, 6.45) is 1.85. The highest BCUT2D eigenvalue weighted by Gasteiger charge is 2.09. The van der Waals surface area contributed by atoms with Crippen LogP contribution in [0.1, 0.15) is 0 Å². The van der Waals surface area contributed by atoms with Crippen molar-refractivity contribution in [3.63, 3.8) is 0 Å². The number of rotatable bonds is 1. The Morgan fingerprint density at radius 1 is 0.952 bits per heavy atom. The zero-order valence-electron chi connectivity index (χ0n) is 11.1. The lowest BCUT2D eigenvalue weighted by Crippen LogP contribution is -1.94. The third-order valence-electron chi connectivity index (χ3n) is 3.68. The van der Waals surface area contributed by atoms with Crippen LogP contribution in [0.2, 0.25) is 0 Å². The molecule has 0 aliphatic heterocycles. The molecule has 1 heterocycles. The Bertz CT molecular complexity index is 972. The van der Waals surface area contributed by atoms with E-state index in [-0.39, 0.29) is 0 Å². The fourth-order valence-electron chi connectivity index (χ4n) is 2.68. The van der Waals surface area contributed by atoms with E-state index < -0.39 is 0 Å². The lowest BCUT2D eigenvalue weighted by Gasteiger charge is -2.10. The third-order valence-corrected chi connectivity index (χ3v) is 4.37. The number of nitrogens with zero attached hydrogens (tertiary/aromatic N) is 2. The molecule has 4 aromatic rings. The monoisotopic (exact) mass is 337 g/mol. The fraction of sp³-hybridized carbons (Fsp3) is 0. The van der Waals surface area contributed by atoms with Crippen LogP contribution in [-0.2, 0) is 0 Å². The molecule has 3 aromatic carbocycles.